The van der Waals surface area contributed by atoms with Gasteiger partial charge in [0, 0.05) is 25.2 Å². The van der Waals surface area contributed by atoms with Crippen molar-refractivity contribution in [3.05, 3.63) is 0 Å². The molecule has 0 radical (unpaired) electrons. The summed E-state index contributed by atoms with van der Waals surface area (Å²) in [5, 5.41) is 9.24. The first-order valence-corrected chi connectivity index (χ1v) is 9.19. The number of piperidine rings is 1. The van der Waals surface area contributed by atoms with Crippen molar-refractivity contribution in [3.63, 3.8) is 0 Å². The first-order valence-electron chi connectivity index (χ1n) is 7.75. The standard InChI is InChI=1S/C13H23N3O4S/c17-13(18)12-4-1-2-8-16(12)21(19,20)14-10-6-9-15-7-3-5-11(10)15/h10-12,14H,1-9H2,(H,17,18). The predicted octanol–water partition coefficient (Wildman–Crippen LogP) is -0.00340. The number of carboxylic acids is 1. The molecule has 3 rings (SSSR count). The number of carbonyl (C=O) groups is 1. The highest BCUT2D eigenvalue weighted by Crippen LogP contribution is 2.29. The maximum atomic E-state index is 12.6. The molecule has 0 aliphatic carbocycles. The molecule has 120 valence electrons. The van der Waals surface area contributed by atoms with Crippen LogP contribution in [-0.2, 0) is 15.0 Å². The zero-order chi connectivity index (χ0) is 15.0. The highest BCUT2D eigenvalue weighted by Gasteiger charge is 2.42. The first kappa shape index (κ1) is 15.2. The number of hydrogen-bond donors (Lipinski definition) is 2. The molecule has 7 nitrogen and oxygen atoms in total. The highest BCUT2D eigenvalue weighted by molar-refractivity contribution is 7.87. The fourth-order valence-electron chi connectivity index (χ4n) is 3.92. The molecule has 3 fully saturated rings. The maximum absolute atomic E-state index is 12.6. The average molecular weight is 317 g/mol. The molecule has 3 unspecified atom stereocenters. The number of carboxylic acid groups (broad SMARTS) is 1. The van der Waals surface area contributed by atoms with Crippen molar-refractivity contribution in [2.24, 2.45) is 0 Å². The van der Waals surface area contributed by atoms with Gasteiger partial charge in [0.05, 0.1) is 0 Å². The Labute approximate surface area is 125 Å². The number of hydrogen-bond acceptors (Lipinski definition) is 4. The van der Waals surface area contributed by atoms with E-state index >= 15 is 0 Å². The molecule has 8 heteroatoms. The van der Waals surface area contributed by atoms with Gasteiger partial charge in [0.2, 0.25) is 0 Å². The third kappa shape index (κ3) is 2.94. The van der Waals surface area contributed by atoms with E-state index in [1.54, 1.807) is 0 Å². The Hall–Kier alpha value is -0.700. The molecule has 2 N–H and O–H groups in total. The summed E-state index contributed by atoms with van der Waals surface area (Å²) in [6.07, 6.45) is 4.85. The summed E-state index contributed by atoms with van der Waals surface area (Å²) in [6, 6.07) is -0.709. The summed E-state index contributed by atoms with van der Waals surface area (Å²) in [6.45, 7) is 2.28. The predicted molar refractivity (Wildman–Crippen MR) is 77.0 cm³/mol. The monoisotopic (exact) mass is 317 g/mol. The lowest BCUT2D eigenvalue weighted by Gasteiger charge is -2.33. The second-order valence-corrected chi connectivity index (χ2v) is 7.88. The Kier molecular flexibility index (Phi) is 4.22. The highest BCUT2D eigenvalue weighted by atomic mass is 32.2. The topological polar surface area (TPSA) is 90.0 Å². The van der Waals surface area contributed by atoms with Gasteiger partial charge in [-0.15, -0.1) is 0 Å². The smallest absolute Gasteiger partial charge is 0.322 e. The molecule has 0 saturated carbocycles. The number of aliphatic carboxylic acids is 1. The molecule has 3 aliphatic heterocycles. The van der Waals surface area contributed by atoms with Crippen molar-refractivity contribution in [1.29, 1.82) is 0 Å². The van der Waals surface area contributed by atoms with Crippen molar-refractivity contribution in [2.45, 2.75) is 56.7 Å². The van der Waals surface area contributed by atoms with Gasteiger partial charge in [-0.25, -0.2) is 0 Å². The third-order valence-electron chi connectivity index (χ3n) is 4.95. The second kappa shape index (κ2) is 5.83. The Morgan fingerprint density at radius 2 is 1.86 bits per heavy atom. The molecule has 21 heavy (non-hydrogen) atoms. The molecular formula is C13H23N3O4S. The van der Waals surface area contributed by atoms with E-state index in [-0.39, 0.29) is 12.1 Å². The van der Waals surface area contributed by atoms with E-state index in [9.17, 15) is 18.3 Å². The van der Waals surface area contributed by atoms with Crippen LogP contribution >= 0.6 is 0 Å². The second-order valence-electron chi connectivity index (χ2n) is 6.22. The van der Waals surface area contributed by atoms with Crippen LogP contribution in [0.3, 0.4) is 0 Å². The molecule has 0 aromatic heterocycles. The van der Waals surface area contributed by atoms with Crippen molar-refractivity contribution >= 4 is 16.2 Å². The summed E-state index contributed by atoms with van der Waals surface area (Å²) in [4.78, 5) is 13.6. The third-order valence-corrected chi connectivity index (χ3v) is 6.61. The van der Waals surface area contributed by atoms with E-state index in [4.69, 9.17) is 0 Å². The Morgan fingerprint density at radius 1 is 1.05 bits per heavy atom. The molecule has 3 atom stereocenters. The van der Waals surface area contributed by atoms with Crippen LogP contribution in [0.5, 0.6) is 0 Å². The number of nitrogens with one attached hydrogen (secondary N) is 1. The normalized spacial score (nSPS) is 35.0. The minimum atomic E-state index is -3.72. The summed E-state index contributed by atoms with van der Waals surface area (Å²) in [5.41, 5.74) is 0. The van der Waals surface area contributed by atoms with Gasteiger partial charge in [0.15, 0.2) is 0 Å². The fourth-order valence-corrected chi connectivity index (χ4v) is 5.61. The zero-order valence-corrected chi connectivity index (χ0v) is 12.9. The molecule has 0 bridgehead atoms. The van der Waals surface area contributed by atoms with Crippen LogP contribution < -0.4 is 4.72 Å². The van der Waals surface area contributed by atoms with Gasteiger partial charge in [0.1, 0.15) is 6.04 Å². The molecule has 0 amide bonds. The summed E-state index contributed by atoms with van der Waals surface area (Å²) in [5.74, 6) is -1.05. The lowest BCUT2D eigenvalue weighted by atomic mass is 10.1. The van der Waals surface area contributed by atoms with E-state index in [0.29, 0.717) is 13.0 Å². The molecule has 0 aromatic rings. The van der Waals surface area contributed by atoms with Crippen LogP contribution in [0.2, 0.25) is 0 Å². The number of fused-ring (bicyclic) bond motifs is 1. The van der Waals surface area contributed by atoms with Crippen molar-refractivity contribution in [2.75, 3.05) is 19.6 Å². The van der Waals surface area contributed by atoms with Crippen LogP contribution in [0.4, 0.5) is 0 Å². The molecule has 3 aliphatic rings. The van der Waals surface area contributed by atoms with Crippen molar-refractivity contribution in [1.82, 2.24) is 13.9 Å². The van der Waals surface area contributed by atoms with Gasteiger partial charge < -0.3 is 5.11 Å². The Morgan fingerprint density at radius 3 is 2.62 bits per heavy atom. The van der Waals surface area contributed by atoms with Crippen LogP contribution in [0.1, 0.15) is 38.5 Å². The van der Waals surface area contributed by atoms with Gasteiger partial charge in [-0.05, 0) is 45.1 Å². The van der Waals surface area contributed by atoms with Crippen LogP contribution in [0.15, 0.2) is 0 Å². The quantitative estimate of drug-likeness (QED) is 0.761. The van der Waals surface area contributed by atoms with E-state index in [1.807, 2.05) is 0 Å². The molecule has 0 aromatic carbocycles. The fraction of sp³-hybridized carbons (Fsp3) is 0.923. The lowest BCUT2D eigenvalue weighted by molar-refractivity contribution is -0.142. The van der Waals surface area contributed by atoms with Gasteiger partial charge in [-0.1, -0.05) is 0 Å². The molecular weight excluding hydrogens is 294 g/mol. The van der Waals surface area contributed by atoms with Crippen LogP contribution in [0, 0.1) is 0 Å². The average Bonchev–Trinajstić information content (AvgIpc) is 3.04. The minimum absolute atomic E-state index is 0.0751. The van der Waals surface area contributed by atoms with Crippen molar-refractivity contribution in [3.8, 4) is 0 Å². The largest absolute Gasteiger partial charge is 0.480 e. The van der Waals surface area contributed by atoms with E-state index < -0.39 is 22.2 Å². The first-order chi connectivity index (χ1) is 9.99. The Balaban J connectivity index is 1.72. The SMILES string of the molecule is O=C(O)C1CCCCN1S(=O)(=O)NC1CCN2CCCC12. The zero-order valence-electron chi connectivity index (χ0n) is 12.1. The molecule has 0 spiro atoms. The van der Waals surface area contributed by atoms with Gasteiger partial charge in [-0.3, -0.25) is 9.69 Å². The van der Waals surface area contributed by atoms with Gasteiger partial charge in [0.25, 0.3) is 10.2 Å². The van der Waals surface area contributed by atoms with E-state index in [2.05, 4.69) is 9.62 Å². The molecule has 3 saturated heterocycles. The minimum Gasteiger partial charge on any atom is -0.480 e. The van der Waals surface area contributed by atoms with Crippen molar-refractivity contribution < 1.29 is 18.3 Å². The molecule has 3 heterocycles. The lowest BCUT2D eigenvalue weighted by Crippen LogP contribution is -2.55. The maximum Gasteiger partial charge on any atom is 0.322 e. The number of rotatable bonds is 4. The van der Waals surface area contributed by atoms with Crippen LogP contribution in [0.25, 0.3) is 0 Å². The number of nitrogens with zero attached hydrogens (tertiary/aromatic N) is 2. The Bertz CT molecular complexity index is 510. The summed E-state index contributed by atoms with van der Waals surface area (Å²) >= 11 is 0. The summed E-state index contributed by atoms with van der Waals surface area (Å²) in [7, 11) is -3.72. The van der Waals surface area contributed by atoms with Gasteiger partial charge >= 0.3 is 5.97 Å². The summed E-state index contributed by atoms with van der Waals surface area (Å²) < 4.78 is 29.1. The van der Waals surface area contributed by atoms with Gasteiger partial charge in [-0.2, -0.15) is 17.4 Å². The van der Waals surface area contributed by atoms with E-state index in [0.717, 1.165) is 49.5 Å². The van der Waals surface area contributed by atoms with E-state index in [1.165, 1.54) is 0 Å². The van der Waals surface area contributed by atoms with Crippen LogP contribution in [-0.4, -0.2) is 66.5 Å².